The first-order valence-electron chi connectivity index (χ1n) is 9.29. The molecule has 27 heavy (non-hydrogen) atoms. The van der Waals surface area contributed by atoms with E-state index in [-0.39, 0.29) is 0 Å². The summed E-state index contributed by atoms with van der Waals surface area (Å²) in [6, 6.07) is 16.7. The van der Waals surface area contributed by atoms with Gasteiger partial charge in [0.1, 0.15) is 5.03 Å². The van der Waals surface area contributed by atoms with Gasteiger partial charge in [-0.05, 0) is 50.3 Å². The van der Waals surface area contributed by atoms with Crippen LogP contribution in [-0.4, -0.2) is 9.97 Å². The summed E-state index contributed by atoms with van der Waals surface area (Å²) in [6.07, 6.45) is 4.54. The van der Waals surface area contributed by atoms with Gasteiger partial charge in [0, 0.05) is 27.6 Å². The molecule has 0 radical (unpaired) electrons. The van der Waals surface area contributed by atoms with Crippen LogP contribution in [0.2, 0.25) is 0 Å². The van der Waals surface area contributed by atoms with Crippen molar-refractivity contribution in [3.05, 3.63) is 70.9 Å². The zero-order chi connectivity index (χ0) is 18.6. The summed E-state index contributed by atoms with van der Waals surface area (Å²) >= 11 is 3.39. The Bertz CT molecular complexity index is 939. The lowest BCUT2D eigenvalue weighted by atomic mass is 9.98. The van der Waals surface area contributed by atoms with Crippen LogP contribution in [0.15, 0.2) is 63.6 Å². The number of aryl methyl sites for hydroxylation is 2. The monoisotopic (exact) mass is 393 g/mol. The van der Waals surface area contributed by atoms with Crippen molar-refractivity contribution in [3.8, 4) is 0 Å². The Morgan fingerprint density at radius 1 is 0.963 bits per heavy atom. The number of para-hydroxylation sites is 1. The molecule has 0 saturated heterocycles. The molecule has 3 nitrogen and oxygen atoms in total. The van der Waals surface area contributed by atoms with Gasteiger partial charge in [-0.25, -0.2) is 9.97 Å². The Balaban J connectivity index is 1.60. The van der Waals surface area contributed by atoms with Crippen LogP contribution in [0, 0.1) is 6.92 Å². The van der Waals surface area contributed by atoms with Crippen molar-refractivity contribution in [1.29, 1.82) is 0 Å². The second kappa shape index (κ2) is 8.36. The van der Waals surface area contributed by atoms with E-state index in [9.17, 15) is 0 Å². The minimum atomic E-state index is 0.805. The second-order valence-corrected chi connectivity index (χ2v) is 8.83. The van der Waals surface area contributed by atoms with E-state index in [2.05, 4.69) is 37.3 Å². The topological polar surface area (TPSA) is 51.8 Å². The highest BCUT2D eigenvalue weighted by Crippen LogP contribution is 2.37. The molecule has 0 fully saturated rings. The van der Waals surface area contributed by atoms with E-state index in [0.717, 1.165) is 39.4 Å². The average molecular weight is 394 g/mol. The van der Waals surface area contributed by atoms with Gasteiger partial charge >= 0.3 is 0 Å². The Labute approximate surface area is 169 Å². The van der Waals surface area contributed by atoms with Gasteiger partial charge in [0.05, 0.1) is 0 Å². The molecule has 0 amide bonds. The summed E-state index contributed by atoms with van der Waals surface area (Å²) < 4.78 is 0. The van der Waals surface area contributed by atoms with E-state index >= 15 is 0 Å². The molecular weight excluding hydrogens is 370 g/mol. The van der Waals surface area contributed by atoms with Crippen LogP contribution in [0.25, 0.3) is 0 Å². The Morgan fingerprint density at radius 2 is 1.74 bits per heavy atom. The van der Waals surface area contributed by atoms with E-state index < -0.39 is 0 Å². The molecule has 0 saturated carbocycles. The first-order chi connectivity index (χ1) is 13.2. The van der Waals surface area contributed by atoms with E-state index in [1.807, 2.05) is 18.2 Å². The van der Waals surface area contributed by atoms with Crippen molar-refractivity contribution >= 4 is 29.2 Å². The maximum atomic E-state index is 6.16. The summed E-state index contributed by atoms with van der Waals surface area (Å²) in [5.74, 6) is 0.886. The number of hydrogen-bond acceptors (Lipinski definition) is 5. The highest BCUT2D eigenvalue weighted by molar-refractivity contribution is 7.99. The molecule has 0 unspecified atom stereocenters. The molecule has 1 aliphatic rings. The molecule has 1 aliphatic carbocycles. The van der Waals surface area contributed by atoms with Crippen molar-refractivity contribution < 1.29 is 0 Å². The number of aromatic nitrogens is 2. The number of nitrogen functional groups attached to an aromatic ring is 1. The van der Waals surface area contributed by atoms with E-state index in [1.54, 1.807) is 23.5 Å². The lowest BCUT2D eigenvalue weighted by molar-refractivity contribution is 0.628. The fourth-order valence-corrected chi connectivity index (χ4v) is 5.09. The van der Waals surface area contributed by atoms with Crippen molar-refractivity contribution in [2.45, 2.75) is 53.4 Å². The highest BCUT2D eigenvalue weighted by Gasteiger charge is 2.19. The normalized spacial score (nSPS) is 13.4. The van der Waals surface area contributed by atoms with Gasteiger partial charge in [-0.15, -0.1) is 0 Å². The summed E-state index contributed by atoms with van der Waals surface area (Å²) in [4.78, 5) is 10.9. The number of nitrogens with zero attached hydrogens (tertiary/aromatic N) is 2. The molecule has 0 atom stereocenters. The summed E-state index contributed by atoms with van der Waals surface area (Å²) in [6.45, 7) is 2.11. The molecule has 138 valence electrons. The van der Waals surface area contributed by atoms with Gasteiger partial charge in [0.2, 0.25) is 0 Å². The lowest BCUT2D eigenvalue weighted by Crippen LogP contribution is -2.10. The van der Waals surface area contributed by atoms with Crippen LogP contribution in [0.5, 0.6) is 0 Å². The van der Waals surface area contributed by atoms with E-state index in [1.165, 1.54) is 35.2 Å². The van der Waals surface area contributed by atoms with Crippen LogP contribution < -0.4 is 5.73 Å². The number of anilines is 1. The minimum absolute atomic E-state index is 0.805. The van der Waals surface area contributed by atoms with Gasteiger partial charge in [0.15, 0.2) is 5.16 Å². The molecule has 0 aliphatic heterocycles. The maximum absolute atomic E-state index is 6.16. The van der Waals surface area contributed by atoms with Crippen LogP contribution in [0.4, 0.5) is 5.69 Å². The standard InChI is InChI=1S/C22H23N3S2/c1-15-10-12-16(13-11-15)14-26-22-24-19-8-4-2-6-17(19)21(25-22)27-20-9-5-3-7-18(20)23/h3,5,7,9-13H,2,4,6,8,14,23H2,1H3. The summed E-state index contributed by atoms with van der Waals surface area (Å²) in [5, 5.41) is 1.94. The molecule has 4 rings (SSSR count). The van der Waals surface area contributed by atoms with Crippen LogP contribution >= 0.6 is 23.5 Å². The Morgan fingerprint density at radius 3 is 2.56 bits per heavy atom. The SMILES string of the molecule is Cc1ccc(CSc2nc3c(c(Sc4ccccc4N)n2)CCCC3)cc1. The summed E-state index contributed by atoms with van der Waals surface area (Å²) in [5.41, 5.74) is 12.1. The zero-order valence-electron chi connectivity index (χ0n) is 15.4. The van der Waals surface area contributed by atoms with Gasteiger partial charge in [-0.1, -0.05) is 65.5 Å². The third kappa shape index (κ3) is 4.47. The molecule has 3 aromatic rings. The molecule has 1 aromatic heterocycles. The first-order valence-corrected chi connectivity index (χ1v) is 11.1. The number of fused-ring (bicyclic) bond motifs is 1. The lowest BCUT2D eigenvalue weighted by Gasteiger charge is -2.19. The number of benzene rings is 2. The predicted molar refractivity (Wildman–Crippen MR) is 114 cm³/mol. The first kappa shape index (κ1) is 18.4. The third-order valence-electron chi connectivity index (χ3n) is 4.74. The van der Waals surface area contributed by atoms with Gasteiger partial charge in [-0.2, -0.15) is 0 Å². The van der Waals surface area contributed by atoms with E-state index in [0.29, 0.717) is 0 Å². The summed E-state index contributed by atoms with van der Waals surface area (Å²) in [7, 11) is 0. The molecule has 0 bridgehead atoms. The Kier molecular flexibility index (Phi) is 5.69. The molecule has 5 heteroatoms. The maximum Gasteiger partial charge on any atom is 0.189 e. The van der Waals surface area contributed by atoms with Crippen molar-refractivity contribution in [1.82, 2.24) is 9.97 Å². The largest absolute Gasteiger partial charge is 0.398 e. The quantitative estimate of drug-likeness (QED) is 0.261. The smallest absolute Gasteiger partial charge is 0.189 e. The van der Waals surface area contributed by atoms with Gasteiger partial charge in [-0.3, -0.25) is 0 Å². The van der Waals surface area contributed by atoms with Crippen LogP contribution in [-0.2, 0) is 18.6 Å². The predicted octanol–water partition coefficient (Wildman–Crippen LogP) is 5.69. The number of rotatable bonds is 5. The van der Waals surface area contributed by atoms with Gasteiger partial charge in [0.25, 0.3) is 0 Å². The van der Waals surface area contributed by atoms with E-state index in [4.69, 9.17) is 15.7 Å². The van der Waals surface area contributed by atoms with Crippen molar-refractivity contribution in [3.63, 3.8) is 0 Å². The minimum Gasteiger partial charge on any atom is -0.398 e. The Hall–Kier alpha value is -1.98. The number of hydrogen-bond donors (Lipinski definition) is 1. The fourth-order valence-electron chi connectivity index (χ4n) is 3.20. The molecule has 2 N–H and O–H groups in total. The number of nitrogens with two attached hydrogens (primary N) is 1. The molecule has 2 aromatic carbocycles. The zero-order valence-corrected chi connectivity index (χ0v) is 17.1. The van der Waals surface area contributed by atoms with Crippen LogP contribution in [0.3, 0.4) is 0 Å². The third-order valence-corrected chi connectivity index (χ3v) is 6.78. The van der Waals surface area contributed by atoms with Crippen molar-refractivity contribution in [2.24, 2.45) is 0 Å². The van der Waals surface area contributed by atoms with Gasteiger partial charge < -0.3 is 5.73 Å². The number of thioether (sulfide) groups is 1. The molecule has 1 heterocycles. The molecule has 0 spiro atoms. The fraction of sp³-hybridized carbons (Fsp3) is 0.273. The van der Waals surface area contributed by atoms with Crippen LogP contribution in [0.1, 0.15) is 35.2 Å². The second-order valence-electron chi connectivity index (χ2n) is 6.86. The van der Waals surface area contributed by atoms with Crippen molar-refractivity contribution in [2.75, 3.05) is 5.73 Å². The average Bonchev–Trinajstić information content (AvgIpc) is 2.69. The highest BCUT2D eigenvalue weighted by atomic mass is 32.2. The molecular formula is C22H23N3S2.